The normalized spacial score (nSPS) is 10.2. The number of nitro benzene ring substituents is 1. The molecule has 0 aliphatic carbocycles. The number of imidazole rings is 1. The average molecular weight is 275 g/mol. The van der Waals surface area contributed by atoms with E-state index in [9.17, 15) is 14.9 Å². The van der Waals surface area contributed by atoms with E-state index < -0.39 is 10.8 Å². The third kappa shape index (κ3) is 2.74. The molecule has 0 aliphatic heterocycles. The maximum atomic E-state index is 11.9. The van der Waals surface area contributed by atoms with Gasteiger partial charge in [-0.1, -0.05) is 0 Å². The fraction of sp³-hybridized carbons (Fsp3) is 0.167. The molecule has 0 saturated carbocycles. The van der Waals surface area contributed by atoms with Gasteiger partial charge in [0.25, 0.3) is 11.6 Å². The predicted octanol–water partition coefficient (Wildman–Crippen LogP) is 0.841. The number of hydrogen-bond acceptors (Lipinski definition) is 5. The van der Waals surface area contributed by atoms with E-state index >= 15 is 0 Å². The van der Waals surface area contributed by atoms with Crippen LogP contribution in [-0.4, -0.2) is 20.4 Å². The van der Waals surface area contributed by atoms with E-state index in [1.807, 2.05) is 7.05 Å². The molecule has 3 N–H and O–H groups in total. The van der Waals surface area contributed by atoms with Gasteiger partial charge in [-0.15, -0.1) is 0 Å². The summed E-state index contributed by atoms with van der Waals surface area (Å²) in [4.78, 5) is 26.1. The summed E-state index contributed by atoms with van der Waals surface area (Å²) in [6, 6.07) is 3.94. The van der Waals surface area contributed by atoms with Gasteiger partial charge < -0.3 is 15.6 Å². The maximum Gasteiger partial charge on any atom is 0.292 e. The number of aryl methyl sites for hydroxylation is 1. The van der Waals surface area contributed by atoms with Crippen molar-refractivity contribution in [3.05, 3.63) is 52.1 Å². The lowest BCUT2D eigenvalue weighted by molar-refractivity contribution is -0.383. The Bertz CT molecular complexity index is 665. The second-order valence-electron chi connectivity index (χ2n) is 4.17. The van der Waals surface area contributed by atoms with Gasteiger partial charge in [-0.2, -0.15) is 0 Å². The van der Waals surface area contributed by atoms with Crippen LogP contribution in [-0.2, 0) is 13.6 Å². The SMILES string of the molecule is Cn1ccnc1CNC(=O)c1ccc(N)c([N+](=O)[O-])c1. The summed E-state index contributed by atoms with van der Waals surface area (Å²) >= 11 is 0. The maximum absolute atomic E-state index is 11.9. The number of nitro groups is 1. The van der Waals surface area contributed by atoms with Crippen molar-refractivity contribution in [2.24, 2.45) is 7.05 Å². The van der Waals surface area contributed by atoms with E-state index in [-0.39, 0.29) is 23.5 Å². The molecule has 0 radical (unpaired) electrons. The number of amides is 1. The van der Waals surface area contributed by atoms with Crippen LogP contribution in [0.1, 0.15) is 16.2 Å². The van der Waals surface area contributed by atoms with E-state index in [0.29, 0.717) is 5.82 Å². The molecule has 2 aromatic rings. The van der Waals surface area contributed by atoms with Crippen molar-refractivity contribution in [1.29, 1.82) is 0 Å². The molecule has 8 nitrogen and oxygen atoms in total. The first kappa shape index (κ1) is 13.5. The van der Waals surface area contributed by atoms with Gasteiger partial charge in [-0.05, 0) is 12.1 Å². The summed E-state index contributed by atoms with van der Waals surface area (Å²) < 4.78 is 1.77. The second kappa shape index (κ2) is 5.39. The van der Waals surface area contributed by atoms with E-state index in [0.717, 1.165) is 6.07 Å². The molecule has 20 heavy (non-hydrogen) atoms. The Kier molecular flexibility index (Phi) is 3.65. The fourth-order valence-corrected chi connectivity index (χ4v) is 1.67. The standard InChI is InChI=1S/C12H13N5O3/c1-16-5-4-14-11(16)7-15-12(18)8-2-3-9(13)10(6-8)17(19)20/h2-6H,7,13H2,1H3,(H,15,18). The number of benzene rings is 1. The number of nitrogens with one attached hydrogen (secondary N) is 1. The molecule has 8 heteroatoms. The van der Waals surface area contributed by atoms with E-state index in [1.165, 1.54) is 12.1 Å². The molecule has 1 aromatic carbocycles. The zero-order valence-corrected chi connectivity index (χ0v) is 10.7. The first-order valence-corrected chi connectivity index (χ1v) is 5.77. The highest BCUT2D eigenvalue weighted by Crippen LogP contribution is 2.22. The summed E-state index contributed by atoms with van der Waals surface area (Å²) in [5.41, 5.74) is 5.40. The van der Waals surface area contributed by atoms with Crippen LogP contribution in [0.3, 0.4) is 0 Å². The van der Waals surface area contributed by atoms with Gasteiger partial charge in [0.1, 0.15) is 11.5 Å². The molecule has 0 bridgehead atoms. The largest absolute Gasteiger partial charge is 0.393 e. The molecular formula is C12H13N5O3. The van der Waals surface area contributed by atoms with Gasteiger partial charge in [-0.25, -0.2) is 4.98 Å². The number of rotatable bonds is 4. The molecular weight excluding hydrogens is 262 g/mol. The van der Waals surface area contributed by atoms with E-state index in [2.05, 4.69) is 10.3 Å². The Hall–Kier alpha value is -2.90. The molecule has 0 atom stereocenters. The van der Waals surface area contributed by atoms with Crippen molar-refractivity contribution >= 4 is 17.3 Å². The summed E-state index contributed by atoms with van der Waals surface area (Å²) in [5, 5.41) is 13.4. The van der Waals surface area contributed by atoms with Crippen molar-refractivity contribution in [2.75, 3.05) is 5.73 Å². The first-order valence-electron chi connectivity index (χ1n) is 5.77. The van der Waals surface area contributed by atoms with Crippen molar-refractivity contribution in [3.8, 4) is 0 Å². The van der Waals surface area contributed by atoms with Crippen molar-refractivity contribution in [1.82, 2.24) is 14.9 Å². The molecule has 0 saturated heterocycles. The number of hydrogen-bond donors (Lipinski definition) is 2. The number of anilines is 1. The van der Waals surface area contributed by atoms with Crippen LogP contribution >= 0.6 is 0 Å². The summed E-state index contributed by atoms with van der Waals surface area (Å²) in [6.45, 7) is 0.237. The summed E-state index contributed by atoms with van der Waals surface area (Å²) in [6.07, 6.45) is 3.38. The molecule has 0 fully saturated rings. The van der Waals surface area contributed by atoms with E-state index in [4.69, 9.17) is 5.73 Å². The Morgan fingerprint density at radius 1 is 1.55 bits per heavy atom. The van der Waals surface area contributed by atoms with Crippen LogP contribution in [0.2, 0.25) is 0 Å². The molecule has 2 rings (SSSR count). The third-order valence-electron chi connectivity index (χ3n) is 2.82. The van der Waals surface area contributed by atoms with Crippen LogP contribution in [0.4, 0.5) is 11.4 Å². The molecule has 0 aliphatic rings. The lowest BCUT2D eigenvalue weighted by Gasteiger charge is -2.06. The summed E-state index contributed by atoms with van der Waals surface area (Å²) in [7, 11) is 1.81. The Labute approximate surface area is 114 Å². The van der Waals surface area contributed by atoms with Crippen molar-refractivity contribution in [2.45, 2.75) is 6.54 Å². The molecule has 0 spiro atoms. The molecule has 1 heterocycles. The van der Waals surface area contributed by atoms with Crippen molar-refractivity contribution < 1.29 is 9.72 Å². The highest BCUT2D eigenvalue weighted by molar-refractivity contribution is 5.95. The van der Waals surface area contributed by atoms with Crippen molar-refractivity contribution in [3.63, 3.8) is 0 Å². The third-order valence-corrected chi connectivity index (χ3v) is 2.82. The van der Waals surface area contributed by atoms with Gasteiger partial charge >= 0.3 is 0 Å². The Morgan fingerprint density at radius 3 is 2.90 bits per heavy atom. The topological polar surface area (TPSA) is 116 Å². The fourth-order valence-electron chi connectivity index (χ4n) is 1.67. The number of carbonyl (C=O) groups is 1. The molecule has 1 amide bonds. The van der Waals surface area contributed by atoms with Crippen LogP contribution in [0.5, 0.6) is 0 Å². The van der Waals surface area contributed by atoms with Crippen LogP contribution in [0.25, 0.3) is 0 Å². The summed E-state index contributed by atoms with van der Waals surface area (Å²) in [5.74, 6) is 0.263. The zero-order chi connectivity index (χ0) is 14.7. The number of nitrogens with two attached hydrogens (primary N) is 1. The highest BCUT2D eigenvalue weighted by Gasteiger charge is 2.15. The molecule has 104 valence electrons. The second-order valence-corrected chi connectivity index (χ2v) is 4.17. The van der Waals surface area contributed by atoms with Gasteiger partial charge in [0.15, 0.2) is 0 Å². The Morgan fingerprint density at radius 2 is 2.30 bits per heavy atom. The van der Waals surface area contributed by atoms with E-state index in [1.54, 1.807) is 17.0 Å². The zero-order valence-electron chi connectivity index (χ0n) is 10.7. The minimum Gasteiger partial charge on any atom is -0.393 e. The first-order chi connectivity index (χ1) is 9.49. The van der Waals surface area contributed by atoms with Gasteiger partial charge in [0.2, 0.25) is 0 Å². The van der Waals surface area contributed by atoms with Gasteiger partial charge in [0, 0.05) is 31.1 Å². The number of nitrogens with zero attached hydrogens (tertiary/aromatic N) is 3. The Balaban J connectivity index is 2.12. The van der Waals surface area contributed by atoms with Crippen LogP contribution < -0.4 is 11.1 Å². The average Bonchev–Trinajstić information content (AvgIpc) is 2.81. The number of aromatic nitrogens is 2. The minimum absolute atomic E-state index is 0.0238. The number of nitrogen functional groups attached to an aromatic ring is 1. The molecule has 0 unspecified atom stereocenters. The quantitative estimate of drug-likeness (QED) is 0.487. The van der Waals surface area contributed by atoms with Gasteiger partial charge in [-0.3, -0.25) is 14.9 Å². The minimum atomic E-state index is -0.620. The lowest BCUT2D eigenvalue weighted by Crippen LogP contribution is -2.24. The monoisotopic (exact) mass is 275 g/mol. The number of carbonyl (C=O) groups excluding carboxylic acids is 1. The predicted molar refractivity (Wildman–Crippen MR) is 71.9 cm³/mol. The lowest BCUT2D eigenvalue weighted by atomic mass is 10.1. The smallest absolute Gasteiger partial charge is 0.292 e. The molecule has 1 aromatic heterocycles. The van der Waals surface area contributed by atoms with Crippen LogP contribution in [0.15, 0.2) is 30.6 Å². The van der Waals surface area contributed by atoms with Gasteiger partial charge in [0.05, 0.1) is 11.5 Å². The van der Waals surface area contributed by atoms with Crippen LogP contribution in [0, 0.1) is 10.1 Å². The highest BCUT2D eigenvalue weighted by atomic mass is 16.6.